The van der Waals surface area contributed by atoms with Crippen molar-refractivity contribution in [1.29, 1.82) is 0 Å². The van der Waals surface area contributed by atoms with Gasteiger partial charge in [-0.2, -0.15) is 13.2 Å². The van der Waals surface area contributed by atoms with Crippen LogP contribution in [0.5, 0.6) is 0 Å². The lowest BCUT2D eigenvalue weighted by molar-refractivity contribution is -0.137. The van der Waals surface area contributed by atoms with Crippen molar-refractivity contribution in [1.82, 2.24) is 0 Å². The van der Waals surface area contributed by atoms with E-state index in [0.717, 1.165) is 40.6 Å². The molecule has 0 fully saturated rings. The maximum atomic E-state index is 13.3. The molecule has 0 aromatic heterocycles. The standard InChI is InChI=1S/C23H22F3NOS/c1-22(2)17-11-14(23(24,25)26)8-10-19(17)27-20-16-9-7-13-5-3-4-6-15(13)21(16)29(28)12-18(20)22/h3-6,8,10-11,18,20,27H,7,9,12H2,1-2H3. The molecule has 3 unspecified atom stereocenters. The number of nitrogens with one attached hydrogen (secondary N) is 1. The zero-order valence-corrected chi connectivity index (χ0v) is 17.1. The van der Waals surface area contributed by atoms with Gasteiger partial charge in [0.05, 0.1) is 22.4 Å². The van der Waals surface area contributed by atoms with Gasteiger partial charge in [-0.1, -0.05) is 38.1 Å². The number of hydrogen-bond acceptors (Lipinski definition) is 2. The number of benzene rings is 2. The number of halogens is 3. The molecule has 3 atom stereocenters. The second-order valence-electron chi connectivity index (χ2n) is 8.73. The van der Waals surface area contributed by atoms with Crippen molar-refractivity contribution in [3.05, 3.63) is 70.3 Å². The first kappa shape index (κ1) is 18.9. The SMILES string of the molecule is CC1(C)c2cc(C(F)(F)F)ccc2NC2C3=C(c4ccccc4CC3)S(=O)CC21. The van der Waals surface area contributed by atoms with Gasteiger partial charge in [0.1, 0.15) is 0 Å². The topological polar surface area (TPSA) is 29.1 Å². The van der Waals surface area contributed by atoms with Crippen LogP contribution in [0.25, 0.3) is 4.91 Å². The van der Waals surface area contributed by atoms with E-state index in [2.05, 4.69) is 11.4 Å². The molecule has 1 N–H and O–H groups in total. The van der Waals surface area contributed by atoms with Crippen LogP contribution in [0.3, 0.4) is 0 Å². The molecule has 5 rings (SSSR count). The predicted molar refractivity (Wildman–Crippen MR) is 110 cm³/mol. The molecule has 2 aliphatic heterocycles. The lowest BCUT2D eigenvalue weighted by Gasteiger charge is -2.50. The summed E-state index contributed by atoms with van der Waals surface area (Å²) in [5.74, 6) is 0.427. The maximum absolute atomic E-state index is 13.3. The number of rotatable bonds is 0. The van der Waals surface area contributed by atoms with Crippen molar-refractivity contribution in [3.8, 4) is 0 Å². The Morgan fingerprint density at radius 2 is 1.86 bits per heavy atom. The molecule has 0 spiro atoms. The summed E-state index contributed by atoms with van der Waals surface area (Å²) in [6.07, 6.45) is -2.64. The van der Waals surface area contributed by atoms with Gasteiger partial charge in [0.2, 0.25) is 0 Å². The molecule has 2 nitrogen and oxygen atoms in total. The molecule has 3 aliphatic rings. The monoisotopic (exact) mass is 417 g/mol. The lowest BCUT2D eigenvalue weighted by atomic mass is 9.65. The molecule has 0 saturated carbocycles. The van der Waals surface area contributed by atoms with Crippen LogP contribution in [0.2, 0.25) is 0 Å². The fourth-order valence-corrected chi connectivity index (χ4v) is 7.29. The normalized spacial score (nSPS) is 27.3. The first-order valence-corrected chi connectivity index (χ1v) is 11.2. The van der Waals surface area contributed by atoms with E-state index in [-0.39, 0.29) is 12.0 Å². The Hall–Kier alpha value is -2.08. The molecule has 2 heterocycles. The molecule has 152 valence electrons. The van der Waals surface area contributed by atoms with Crippen molar-refractivity contribution in [2.75, 3.05) is 11.1 Å². The molecule has 0 bridgehead atoms. The average Bonchev–Trinajstić information content (AvgIpc) is 2.68. The quantitative estimate of drug-likeness (QED) is 0.612. The number of aryl methyl sites for hydroxylation is 1. The highest BCUT2D eigenvalue weighted by atomic mass is 32.2. The minimum absolute atomic E-state index is 0.00436. The minimum atomic E-state index is -4.37. The van der Waals surface area contributed by atoms with Gasteiger partial charge in [-0.25, -0.2) is 0 Å². The van der Waals surface area contributed by atoms with Gasteiger partial charge in [0.15, 0.2) is 0 Å². The average molecular weight is 417 g/mol. The highest BCUT2D eigenvalue weighted by Crippen LogP contribution is 2.52. The fourth-order valence-electron chi connectivity index (χ4n) is 5.23. The Morgan fingerprint density at radius 3 is 2.62 bits per heavy atom. The van der Waals surface area contributed by atoms with Gasteiger partial charge in [-0.3, -0.25) is 4.21 Å². The van der Waals surface area contributed by atoms with Gasteiger partial charge >= 0.3 is 6.18 Å². The molecular formula is C23H22F3NOS. The van der Waals surface area contributed by atoms with Gasteiger partial charge in [-0.15, -0.1) is 0 Å². The second-order valence-corrected chi connectivity index (χ2v) is 10.2. The Labute approximate surface area is 170 Å². The first-order valence-electron chi connectivity index (χ1n) is 9.86. The van der Waals surface area contributed by atoms with Crippen molar-refractivity contribution >= 4 is 21.4 Å². The van der Waals surface area contributed by atoms with Crippen LogP contribution in [0.15, 0.2) is 48.0 Å². The van der Waals surface area contributed by atoms with Crippen molar-refractivity contribution in [2.45, 2.75) is 44.3 Å². The smallest absolute Gasteiger partial charge is 0.378 e. The summed E-state index contributed by atoms with van der Waals surface area (Å²) in [4.78, 5) is 0.937. The first-order chi connectivity index (χ1) is 13.7. The van der Waals surface area contributed by atoms with E-state index in [0.29, 0.717) is 11.3 Å². The van der Waals surface area contributed by atoms with E-state index in [1.807, 2.05) is 32.0 Å². The zero-order chi connectivity index (χ0) is 20.6. The summed E-state index contributed by atoms with van der Waals surface area (Å²) >= 11 is 0. The molecule has 2 aromatic rings. The predicted octanol–water partition coefficient (Wildman–Crippen LogP) is 5.51. The van der Waals surface area contributed by atoms with E-state index >= 15 is 0 Å². The van der Waals surface area contributed by atoms with Crippen LogP contribution in [0.1, 0.15) is 42.5 Å². The largest absolute Gasteiger partial charge is 0.416 e. The molecule has 29 heavy (non-hydrogen) atoms. The van der Waals surface area contributed by atoms with Crippen LogP contribution < -0.4 is 5.32 Å². The summed E-state index contributed by atoms with van der Waals surface area (Å²) in [6.45, 7) is 3.98. The Morgan fingerprint density at radius 1 is 1.10 bits per heavy atom. The molecule has 6 heteroatoms. The molecule has 1 aliphatic carbocycles. The highest BCUT2D eigenvalue weighted by molar-refractivity contribution is 7.94. The third kappa shape index (κ3) is 2.79. The molecule has 0 amide bonds. The number of fused-ring (bicyclic) bond motifs is 5. The second kappa shape index (κ2) is 6.21. The van der Waals surface area contributed by atoms with Crippen LogP contribution in [0.4, 0.5) is 18.9 Å². The maximum Gasteiger partial charge on any atom is 0.416 e. The lowest BCUT2D eigenvalue weighted by Crippen LogP contribution is -2.52. The van der Waals surface area contributed by atoms with Crippen molar-refractivity contribution in [3.63, 3.8) is 0 Å². The van der Waals surface area contributed by atoms with Crippen LogP contribution in [-0.4, -0.2) is 16.0 Å². The van der Waals surface area contributed by atoms with Crippen molar-refractivity contribution < 1.29 is 17.4 Å². The van der Waals surface area contributed by atoms with Gasteiger partial charge in [0.25, 0.3) is 0 Å². The number of anilines is 1. The van der Waals surface area contributed by atoms with Gasteiger partial charge in [0, 0.05) is 22.3 Å². The number of alkyl halides is 3. The number of hydrogen-bond donors (Lipinski definition) is 1. The third-order valence-corrected chi connectivity index (χ3v) is 8.43. The Bertz CT molecular complexity index is 1070. The van der Waals surface area contributed by atoms with Gasteiger partial charge in [-0.05, 0) is 58.7 Å². The van der Waals surface area contributed by atoms with Gasteiger partial charge < -0.3 is 5.32 Å². The van der Waals surface area contributed by atoms with E-state index < -0.39 is 28.0 Å². The van der Waals surface area contributed by atoms with E-state index in [4.69, 9.17) is 0 Å². The highest BCUT2D eigenvalue weighted by Gasteiger charge is 2.49. The van der Waals surface area contributed by atoms with Crippen molar-refractivity contribution in [2.24, 2.45) is 5.92 Å². The van der Waals surface area contributed by atoms with E-state index in [9.17, 15) is 17.4 Å². The van der Waals surface area contributed by atoms with Crippen LogP contribution in [0, 0.1) is 5.92 Å². The Balaban J connectivity index is 1.65. The zero-order valence-electron chi connectivity index (χ0n) is 16.3. The summed E-state index contributed by atoms with van der Waals surface area (Å²) in [7, 11) is -1.16. The molecular weight excluding hydrogens is 395 g/mol. The summed E-state index contributed by atoms with van der Waals surface area (Å²) in [6, 6.07) is 12.1. The van der Waals surface area contributed by atoms with Crippen LogP contribution in [-0.2, 0) is 28.8 Å². The minimum Gasteiger partial charge on any atom is -0.378 e. The van der Waals surface area contributed by atoms with E-state index in [1.165, 1.54) is 11.6 Å². The summed E-state index contributed by atoms with van der Waals surface area (Å²) in [5.41, 5.74) is 3.72. The summed E-state index contributed by atoms with van der Waals surface area (Å²) in [5, 5.41) is 3.52. The van der Waals surface area contributed by atoms with E-state index in [1.54, 1.807) is 6.07 Å². The Kier molecular flexibility index (Phi) is 4.05. The summed E-state index contributed by atoms with van der Waals surface area (Å²) < 4.78 is 53.2. The van der Waals surface area contributed by atoms with Crippen LogP contribution >= 0.6 is 0 Å². The molecule has 2 aromatic carbocycles. The molecule has 0 radical (unpaired) electrons. The fraction of sp³-hybridized carbons (Fsp3) is 0.391. The third-order valence-electron chi connectivity index (χ3n) is 6.83. The molecule has 0 saturated heterocycles.